The topological polar surface area (TPSA) is 60.8 Å². The number of aromatic nitrogens is 1. The number of amides is 1. The maximum Gasteiger partial charge on any atom is 0.263 e. The lowest BCUT2D eigenvalue weighted by Gasteiger charge is -2.36. The average molecular weight is 552 g/mol. The first kappa shape index (κ1) is 28.7. The SMILES string of the molecule is CC[C@H](NC(=O)c1c(CN2CCN(CCN(C)C)CC2)n(-c2ccccc2)c(=O)c2ccccc12)c1ccccc1. The Labute approximate surface area is 243 Å². The van der Waals surface area contributed by atoms with Crippen LogP contribution in [0.2, 0.25) is 0 Å². The van der Waals surface area contributed by atoms with Gasteiger partial charge in [-0.25, -0.2) is 0 Å². The monoisotopic (exact) mass is 551 g/mol. The number of nitrogens with one attached hydrogen (secondary N) is 1. The molecule has 1 N–H and O–H groups in total. The van der Waals surface area contributed by atoms with Crippen molar-refractivity contribution in [1.29, 1.82) is 0 Å². The summed E-state index contributed by atoms with van der Waals surface area (Å²) in [5.74, 6) is -0.152. The van der Waals surface area contributed by atoms with Crippen LogP contribution in [0.15, 0.2) is 89.7 Å². The number of benzene rings is 3. The van der Waals surface area contributed by atoms with Crippen molar-refractivity contribution >= 4 is 16.7 Å². The summed E-state index contributed by atoms with van der Waals surface area (Å²) in [6, 6.07) is 27.2. The zero-order chi connectivity index (χ0) is 28.8. The molecule has 1 saturated heterocycles. The third kappa shape index (κ3) is 6.59. The van der Waals surface area contributed by atoms with Gasteiger partial charge < -0.3 is 10.2 Å². The molecule has 1 atom stereocenters. The van der Waals surface area contributed by atoms with Crippen molar-refractivity contribution in [3.8, 4) is 5.69 Å². The predicted molar refractivity (Wildman–Crippen MR) is 167 cm³/mol. The third-order valence-electron chi connectivity index (χ3n) is 8.05. The van der Waals surface area contributed by atoms with Gasteiger partial charge in [-0.1, -0.05) is 73.7 Å². The first-order valence-corrected chi connectivity index (χ1v) is 14.6. The summed E-state index contributed by atoms with van der Waals surface area (Å²) in [6.07, 6.45) is 0.760. The quantitative estimate of drug-likeness (QED) is 0.313. The van der Waals surface area contributed by atoms with E-state index in [4.69, 9.17) is 0 Å². The zero-order valence-corrected chi connectivity index (χ0v) is 24.4. The van der Waals surface area contributed by atoms with Crippen molar-refractivity contribution in [2.75, 3.05) is 53.4 Å². The lowest BCUT2D eigenvalue weighted by atomic mass is 9.99. The molecule has 7 nitrogen and oxygen atoms in total. The van der Waals surface area contributed by atoms with E-state index in [0.29, 0.717) is 22.9 Å². The molecule has 214 valence electrons. The Kier molecular flexibility index (Phi) is 9.29. The smallest absolute Gasteiger partial charge is 0.263 e. The van der Waals surface area contributed by atoms with Gasteiger partial charge in [0.25, 0.3) is 11.5 Å². The number of likely N-dealkylation sites (N-methyl/N-ethyl adjacent to an activating group) is 1. The fourth-order valence-corrected chi connectivity index (χ4v) is 5.71. The van der Waals surface area contributed by atoms with Crippen molar-refractivity contribution in [2.45, 2.75) is 25.9 Å². The largest absolute Gasteiger partial charge is 0.345 e. The molecule has 41 heavy (non-hydrogen) atoms. The van der Waals surface area contributed by atoms with Crippen LogP contribution in [0.4, 0.5) is 0 Å². The van der Waals surface area contributed by atoms with E-state index in [9.17, 15) is 9.59 Å². The van der Waals surface area contributed by atoms with Gasteiger partial charge in [0, 0.05) is 62.3 Å². The minimum Gasteiger partial charge on any atom is -0.345 e. The van der Waals surface area contributed by atoms with Gasteiger partial charge in [0.05, 0.1) is 17.3 Å². The van der Waals surface area contributed by atoms with E-state index in [1.807, 2.05) is 84.9 Å². The Morgan fingerprint density at radius 2 is 1.41 bits per heavy atom. The zero-order valence-electron chi connectivity index (χ0n) is 24.4. The second kappa shape index (κ2) is 13.3. The van der Waals surface area contributed by atoms with Crippen molar-refractivity contribution in [3.63, 3.8) is 0 Å². The molecule has 0 unspecified atom stereocenters. The number of carbonyl (C=O) groups excluding carboxylic acids is 1. The van der Waals surface area contributed by atoms with E-state index < -0.39 is 0 Å². The van der Waals surface area contributed by atoms with Crippen LogP contribution in [0.5, 0.6) is 0 Å². The summed E-state index contributed by atoms with van der Waals surface area (Å²) in [5.41, 5.74) is 3.06. The van der Waals surface area contributed by atoms with Crippen LogP contribution in [0.3, 0.4) is 0 Å². The highest BCUT2D eigenvalue weighted by atomic mass is 16.2. The first-order valence-electron chi connectivity index (χ1n) is 14.6. The van der Waals surface area contributed by atoms with Crippen LogP contribution >= 0.6 is 0 Å². The van der Waals surface area contributed by atoms with Crippen LogP contribution in [-0.4, -0.2) is 78.5 Å². The van der Waals surface area contributed by atoms with E-state index in [0.717, 1.165) is 62.6 Å². The fourth-order valence-electron chi connectivity index (χ4n) is 5.71. The van der Waals surface area contributed by atoms with Crippen molar-refractivity contribution in [3.05, 3.63) is 112 Å². The molecular formula is C34H41N5O2. The minimum atomic E-state index is -0.152. The number of hydrogen-bond acceptors (Lipinski definition) is 5. The second-order valence-corrected chi connectivity index (χ2v) is 11.1. The van der Waals surface area contributed by atoms with Gasteiger partial charge in [0.2, 0.25) is 0 Å². The van der Waals surface area contributed by atoms with E-state index in [-0.39, 0.29) is 17.5 Å². The van der Waals surface area contributed by atoms with Crippen LogP contribution in [0.1, 0.15) is 41.0 Å². The number of fused-ring (bicyclic) bond motifs is 1. The second-order valence-electron chi connectivity index (χ2n) is 11.1. The molecular weight excluding hydrogens is 510 g/mol. The number of nitrogens with zero attached hydrogens (tertiary/aromatic N) is 4. The van der Waals surface area contributed by atoms with Crippen LogP contribution in [-0.2, 0) is 6.54 Å². The maximum atomic E-state index is 14.3. The van der Waals surface area contributed by atoms with Gasteiger partial charge in [-0.15, -0.1) is 0 Å². The highest BCUT2D eigenvalue weighted by molar-refractivity contribution is 6.08. The summed E-state index contributed by atoms with van der Waals surface area (Å²) in [6.45, 7) is 8.35. The van der Waals surface area contributed by atoms with Crippen LogP contribution in [0, 0.1) is 0 Å². The molecule has 1 fully saturated rings. The lowest BCUT2D eigenvalue weighted by molar-refractivity contribution is 0.0930. The molecule has 1 aromatic heterocycles. The highest BCUT2D eigenvalue weighted by Gasteiger charge is 2.27. The Bertz CT molecular complexity index is 1510. The summed E-state index contributed by atoms with van der Waals surface area (Å²) in [7, 11) is 4.21. The van der Waals surface area contributed by atoms with Gasteiger partial charge >= 0.3 is 0 Å². The van der Waals surface area contributed by atoms with Gasteiger partial charge in [-0.05, 0) is 44.3 Å². The molecule has 1 aliphatic heterocycles. The number of carbonyl (C=O) groups is 1. The Balaban J connectivity index is 1.58. The average Bonchev–Trinajstić information content (AvgIpc) is 3.00. The highest BCUT2D eigenvalue weighted by Crippen LogP contribution is 2.26. The molecule has 2 heterocycles. The lowest BCUT2D eigenvalue weighted by Crippen LogP contribution is -2.48. The Morgan fingerprint density at radius 1 is 0.829 bits per heavy atom. The number of rotatable bonds is 10. The van der Waals surface area contributed by atoms with Crippen LogP contribution < -0.4 is 10.9 Å². The summed E-state index contributed by atoms with van der Waals surface area (Å²) in [5, 5.41) is 4.56. The third-order valence-corrected chi connectivity index (χ3v) is 8.05. The number of para-hydroxylation sites is 1. The Morgan fingerprint density at radius 3 is 2.05 bits per heavy atom. The first-order chi connectivity index (χ1) is 20.0. The van der Waals surface area contributed by atoms with Gasteiger partial charge in [0.1, 0.15) is 0 Å². The number of piperazine rings is 1. The summed E-state index contributed by atoms with van der Waals surface area (Å²) >= 11 is 0. The molecule has 0 radical (unpaired) electrons. The molecule has 1 amide bonds. The fraction of sp³-hybridized carbons (Fsp3) is 0.353. The normalized spacial score (nSPS) is 15.3. The number of hydrogen-bond donors (Lipinski definition) is 1. The van der Waals surface area contributed by atoms with E-state index in [1.165, 1.54) is 0 Å². The maximum absolute atomic E-state index is 14.3. The molecule has 1 aliphatic rings. The molecule has 3 aromatic carbocycles. The molecule has 5 rings (SSSR count). The molecule has 0 aliphatic carbocycles. The van der Waals surface area contributed by atoms with Gasteiger partial charge in [-0.2, -0.15) is 0 Å². The number of pyridine rings is 1. The predicted octanol–water partition coefficient (Wildman–Crippen LogP) is 4.55. The minimum absolute atomic E-state index is 0.0990. The van der Waals surface area contributed by atoms with Crippen molar-refractivity contribution < 1.29 is 4.79 Å². The van der Waals surface area contributed by atoms with E-state index in [1.54, 1.807) is 4.57 Å². The molecule has 0 spiro atoms. The summed E-state index contributed by atoms with van der Waals surface area (Å²) in [4.78, 5) is 35.4. The van der Waals surface area contributed by atoms with E-state index >= 15 is 0 Å². The standard InChI is InChI=1S/C34H41N5O2/c1-4-30(26-13-7-5-8-14-26)35-33(40)32-28-17-11-12-18-29(28)34(41)39(27-15-9-6-10-16-27)31(32)25-38-23-21-37(22-24-38)20-19-36(2)3/h5-18,30H,4,19-25H2,1-3H3,(H,35,40)/t30-/m0/s1. The van der Waals surface area contributed by atoms with Gasteiger partial charge in [-0.3, -0.25) is 24.0 Å². The van der Waals surface area contributed by atoms with Gasteiger partial charge in [0.15, 0.2) is 0 Å². The van der Waals surface area contributed by atoms with Crippen molar-refractivity contribution in [1.82, 2.24) is 24.6 Å². The molecule has 0 saturated carbocycles. The van der Waals surface area contributed by atoms with Crippen LogP contribution in [0.25, 0.3) is 16.5 Å². The Hall–Kier alpha value is -3.78. The molecule has 7 heteroatoms. The molecule has 4 aromatic rings. The summed E-state index contributed by atoms with van der Waals surface area (Å²) < 4.78 is 1.76. The molecule has 0 bridgehead atoms. The van der Waals surface area contributed by atoms with Crippen molar-refractivity contribution in [2.24, 2.45) is 0 Å². The van der Waals surface area contributed by atoms with E-state index in [2.05, 4.69) is 41.0 Å².